The van der Waals surface area contributed by atoms with Gasteiger partial charge in [-0.3, -0.25) is 11.6 Å². The molecule has 2 radical (unpaired) electrons. The molecule has 15 heteroatoms. The molecule has 2 aromatic rings. The zero-order chi connectivity index (χ0) is 29.4. The van der Waals surface area contributed by atoms with E-state index in [0.717, 1.165) is 6.42 Å². The molecule has 0 N–H and O–H groups in total. The number of rotatable bonds is 1. The number of hydrogen-bond acceptors (Lipinski definition) is 2. The van der Waals surface area contributed by atoms with Crippen molar-refractivity contribution in [2.24, 2.45) is 0 Å². The average Bonchev–Trinajstić information content (AvgIpc) is 3.77. The summed E-state index contributed by atoms with van der Waals surface area (Å²) in [5.41, 5.74) is 2.65. The monoisotopic (exact) mass is 1070 g/mol. The third kappa shape index (κ3) is 44.7. The molecule has 0 saturated carbocycles. The summed E-state index contributed by atoms with van der Waals surface area (Å²) < 4.78 is 75.0. The van der Waals surface area contributed by atoms with Crippen LogP contribution in [0.5, 0.6) is 0 Å². The van der Waals surface area contributed by atoms with E-state index in [1.807, 2.05) is 11.3 Å². The van der Waals surface area contributed by atoms with Crippen LogP contribution in [0.3, 0.4) is 0 Å². The van der Waals surface area contributed by atoms with E-state index in [9.17, 15) is 0 Å². The number of thiophene rings is 2. The standard InChI is InChI=1S/C12H8S2.10CO.3Os.H/c1-2-10(13-6-1)8-9-3-4-12-11(9)5-7-14-12;10*1-2;;;;/h1-3,5-7H,4H2;;;;;;;;;;;;;;/q-2;;;;;;;;;;;;2*+1;. The second-order valence-electron chi connectivity index (χ2n) is 3.18. The van der Waals surface area contributed by atoms with Gasteiger partial charge in [0.1, 0.15) is 0 Å². The topological polar surface area (TPSA) is 199 Å². The van der Waals surface area contributed by atoms with E-state index in [-0.39, 0.29) is 59.4 Å². The predicted octanol–water partition coefficient (Wildman–Crippen LogP) is 3.15. The van der Waals surface area contributed by atoms with E-state index in [1.165, 1.54) is 20.9 Å². The van der Waals surface area contributed by atoms with Gasteiger partial charge in [0.15, 0.2) is 0 Å². The molecule has 10 nitrogen and oxygen atoms in total. The van der Waals surface area contributed by atoms with Crippen molar-refractivity contribution >= 4 is 28.2 Å². The van der Waals surface area contributed by atoms with Crippen molar-refractivity contribution in [2.45, 2.75) is 6.42 Å². The van der Waals surface area contributed by atoms with Crippen molar-refractivity contribution in [3.8, 4) is 0 Å². The molecule has 37 heavy (non-hydrogen) atoms. The van der Waals surface area contributed by atoms with E-state index in [4.69, 9.17) is 46.5 Å². The van der Waals surface area contributed by atoms with Gasteiger partial charge in [0.25, 0.3) is 0 Å². The first-order valence-corrected chi connectivity index (χ1v) is 8.31. The number of fused-ring (bicyclic) bond motifs is 1. The summed E-state index contributed by atoms with van der Waals surface area (Å²) in [6.07, 6.45) is 6.80. The minimum absolute atomic E-state index is 0. The van der Waals surface area contributed by atoms with E-state index in [2.05, 4.69) is 108 Å². The molecule has 1 aliphatic rings. The summed E-state index contributed by atoms with van der Waals surface area (Å²) in [4.78, 5) is 2.69. The van der Waals surface area contributed by atoms with Crippen LogP contribution in [0.2, 0.25) is 0 Å². The van der Waals surface area contributed by atoms with Gasteiger partial charge in [-0.05, 0) is 10.8 Å². The van der Waals surface area contributed by atoms with Crippen molar-refractivity contribution in [3.63, 3.8) is 0 Å². The average molecular weight is 1070 g/mol. The van der Waals surface area contributed by atoms with E-state index >= 15 is 0 Å². The van der Waals surface area contributed by atoms with Gasteiger partial charge in [-0.15, -0.1) is 17.0 Å². The third-order valence-corrected chi connectivity index (χ3v) is 4.03. The summed E-state index contributed by atoms with van der Waals surface area (Å²) in [7, 11) is 0. The zero-order valence-corrected chi connectivity index (χ0v) is 27.1. The molecule has 193 valence electrons. The molecular weight excluding hydrogens is 1060 g/mol. The molecule has 2 aromatic heterocycles. The summed E-state index contributed by atoms with van der Waals surface area (Å²) >= 11 is 3.58. The maximum absolute atomic E-state index is 7.50. The van der Waals surface area contributed by atoms with Gasteiger partial charge < -0.3 is 0 Å². The molecular formula is C22H9O10Os3S2. The van der Waals surface area contributed by atoms with Crippen LogP contribution < -0.4 is 0 Å². The Labute approximate surface area is 262 Å². The Bertz CT molecular complexity index is 800. The van der Waals surface area contributed by atoms with Crippen LogP contribution in [-0.2, 0) is 112 Å². The fourth-order valence-corrected chi connectivity index (χ4v) is 3.13. The molecule has 0 bridgehead atoms. The summed E-state index contributed by atoms with van der Waals surface area (Å²) in [5, 5.41) is 4.25. The summed E-state index contributed by atoms with van der Waals surface area (Å²) in [6, 6.07) is 6.37. The molecule has 0 aliphatic heterocycles. The molecule has 0 aromatic carbocycles. The van der Waals surface area contributed by atoms with Gasteiger partial charge in [0.2, 0.25) is 0 Å². The first-order valence-electron chi connectivity index (χ1n) is 6.55. The van der Waals surface area contributed by atoms with Crippen LogP contribution in [0.15, 0.2) is 29.0 Å². The van der Waals surface area contributed by atoms with Crippen LogP contribution in [-0.4, -0.2) is 0 Å². The molecule has 3 rings (SSSR count). The van der Waals surface area contributed by atoms with Gasteiger partial charge in [0, 0.05) is 0 Å². The van der Waals surface area contributed by atoms with Gasteiger partial charge in [-0.25, -0.2) is 6.42 Å². The fourth-order valence-electron chi connectivity index (χ4n) is 1.64. The molecule has 0 fully saturated rings. The molecule has 2 heterocycles. The third-order valence-electron chi connectivity index (χ3n) is 2.31. The zero-order valence-electron chi connectivity index (χ0n) is 17.7. The number of allylic oxidation sites excluding steroid dienone is 1. The molecule has 0 atom stereocenters. The summed E-state index contributed by atoms with van der Waals surface area (Å²) in [5.74, 6) is 0. The van der Waals surface area contributed by atoms with E-state index < -0.39 is 0 Å². The van der Waals surface area contributed by atoms with Crippen LogP contribution >= 0.6 is 22.7 Å². The molecule has 0 spiro atoms. The Morgan fingerprint density at radius 3 is 1.30 bits per heavy atom. The normalized spacial score (nSPS) is 6.97. The SMILES string of the molecule is [C-]#[O+].[C-]#[O+].[C-]#[O+].[C-]#[O+].[C-]#[O+].[C-]#[O+].[C-]#[O+].[C-]#[O+].[C-]#[O+].[C-]#[O+].[C-](=C1[CH-]Cc2sccc21)c1cccs1.[Os+].[Os+].[OsH]. The van der Waals surface area contributed by atoms with Crippen LogP contribution in [0.4, 0.5) is 0 Å². The van der Waals surface area contributed by atoms with Gasteiger partial charge in [0.05, 0.1) is 0 Å². The second-order valence-corrected chi connectivity index (χ2v) is 5.13. The Balaban J connectivity index is -0.0000000284. The van der Waals surface area contributed by atoms with Gasteiger partial charge in [-0.2, -0.15) is 34.3 Å². The van der Waals surface area contributed by atoms with Gasteiger partial charge >= 0.3 is 172 Å². The molecule has 0 unspecified atom stereocenters. The molecule has 0 amide bonds. The van der Waals surface area contributed by atoms with Gasteiger partial charge in [-0.1, -0.05) is 11.3 Å². The van der Waals surface area contributed by atoms with Crippen molar-refractivity contribution in [1.29, 1.82) is 0 Å². The quantitative estimate of drug-likeness (QED) is 0.299. The van der Waals surface area contributed by atoms with E-state index in [0.29, 0.717) is 0 Å². The fraction of sp³-hybridized carbons (Fsp3) is 0.0455. The Kier molecular flexibility index (Phi) is 175. The summed E-state index contributed by atoms with van der Waals surface area (Å²) in [6.45, 7) is 45.0. The van der Waals surface area contributed by atoms with Crippen molar-refractivity contribution in [2.75, 3.05) is 0 Å². The van der Waals surface area contributed by atoms with Crippen LogP contribution in [0.25, 0.3) is 5.57 Å². The Morgan fingerprint density at radius 2 is 0.973 bits per heavy atom. The first kappa shape index (κ1) is 70.3. The minimum atomic E-state index is 0. The van der Waals surface area contributed by atoms with Crippen molar-refractivity contribution in [3.05, 3.63) is 123 Å². The second kappa shape index (κ2) is 92.3. The first-order chi connectivity index (χ1) is 16.9. The molecule has 0 saturated heterocycles. The van der Waals surface area contributed by atoms with Crippen molar-refractivity contribution < 1.29 is 106 Å². The van der Waals surface area contributed by atoms with Crippen LogP contribution in [0, 0.1) is 79.0 Å². The Morgan fingerprint density at radius 1 is 0.595 bits per heavy atom. The van der Waals surface area contributed by atoms with Crippen LogP contribution in [0.1, 0.15) is 15.3 Å². The molecule has 1 aliphatic carbocycles. The van der Waals surface area contributed by atoms with Crippen molar-refractivity contribution in [1.82, 2.24) is 0 Å². The van der Waals surface area contributed by atoms with E-state index in [1.54, 1.807) is 11.3 Å². The number of hydrogen-bond donors (Lipinski definition) is 0. The predicted molar refractivity (Wildman–Crippen MR) is 103 cm³/mol. The maximum atomic E-state index is 7.50. The Hall–Kier alpha value is -1.68.